The Labute approximate surface area is 55.2 Å². The number of hydrogen-bond donors (Lipinski definition) is 0. The van der Waals surface area contributed by atoms with E-state index >= 15 is 0 Å². The summed E-state index contributed by atoms with van der Waals surface area (Å²) >= 11 is 0. The maximum atomic E-state index is 10.0. The molecule has 2 nitrogen and oxygen atoms in total. The van der Waals surface area contributed by atoms with Crippen molar-refractivity contribution in [1.29, 1.82) is 0 Å². The average molecular weight is 128 g/mol. The summed E-state index contributed by atoms with van der Waals surface area (Å²) in [5.74, 6) is 0.681. The molecule has 0 N–H and O–H groups in total. The van der Waals surface area contributed by atoms with Crippen molar-refractivity contribution in [3.8, 4) is 0 Å². The second-order valence-corrected chi connectivity index (χ2v) is 2.51. The number of hydrogen-bond acceptors (Lipinski definition) is 2. The van der Waals surface area contributed by atoms with Crippen LogP contribution in [0.25, 0.3) is 0 Å². The summed E-state index contributed by atoms with van der Waals surface area (Å²) in [5.41, 5.74) is 0. The van der Waals surface area contributed by atoms with Gasteiger partial charge in [-0.1, -0.05) is 0 Å². The molecule has 1 fully saturated rings. The predicted octanol–water partition coefficient (Wildman–Crippen LogP) is 1.00. The predicted molar refractivity (Wildman–Crippen MR) is 34.2 cm³/mol. The molecule has 0 aromatic heterocycles. The zero-order chi connectivity index (χ0) is 6.69. The Morgan fingerprint density at radius 3 is 2.78 bits per heavy atom. The number of carbonyl (C=O) groups is 1. The molecule has 0 bridgehead atoms. The van der Waals surface area contributed by atoms with E-state index in [-0.39, 0.29) is 6.10 Å². The Balaban J connectivity index is 2.20. The summed E-state index contributed by atoms with van der Waals surface area (Å²) in [4.78, 5) is 10.0. The van der Waals surface area contributed by atoms with Crippen LogP contribution in [0.3, 0.4) is 0 Å². The van der Waals surface area contributed by atoms with Gasteiger partial charge < -0.3 is 9.53 Å². The highest BCUT2D eigenvalue weighted by molar-refractivity contribution is 5.50. The third-order valence-corrected chi connectivity index (χ3v) is 1.78. The Bertz CT molecular complexity index is 97.1. The van der Waals surface area contributed by atoms with E-state index in [2.05, 4.69) is 0 Å². The van der Waals surface area contributed by atoms with Crippen LogP contribution in [0.1, 0.15) is 19.3 Å². The zero-order valence-corrected chi connectivity index (χ0v) is 5.67. The van der Waals surface area contributed by atoms with E-state index in [4.69, 9.17) is 4.74 Å². The lowest BCUT2D eigenvalue weighted by atomic mass is 10.2. The first-order valence-electron chi connectivity index (χ1n) is 3.35. The van der Waals surface area contributed by atoms with Crippen LogP contribution in [-0.4, -0.2) is 19.5 Å². The Kier molecular flexibility index (Phi) is 2.22. The first-order chi connectivity index (χ1) is 4.38. The van der Waals surface area contributed by atoms with Crippen LogP contribution in [0.5, 0.6) is 0 Å². The van der Waals surface area contributed by atoms with Gasteiger partial charge >= 0.3 is 0 Å². The van der Waals surface area contributed by atoms with Gasteiger partial charge in [-0.15, -0.1) is 0 Å². The molecule has 1 saturated carbocycles. The second kappa shape index (κ2) is 2.97. The van der Waals surface area contributed by atoms with Crippen molar-refractivity contribution in [2.24, 2.45) is 5.92 Å². The lowest BCUT2D eigenvalue weighted by Crippen LogP contribution is -2.12. The SMILES string of the molecule is COC(CC=O)C1CC1. The fourth-order valence-corrected chi connectivity index (χ4v) is 1.04. The topological polar surface area (TPSA) is 26.3 Å². The minimum absolute atomic E-state index is 0.211. The summed E-state index contributed by atoms with van der Waals surface area (Å²) in [7, 11) is 1.67. The molecule has 2 heteroatoms. The Morgan fingerprint density at radius 2 is 2.44 bits per heavy atom. The van der Waals surface area contributed by atoms with Gasteiger partial charge in [0.15, 0.2) is 0 Å². The third-order valence-electron chi connectivity index (χ3n) is 1.78. The van der Waals surface area contributed by atoms with Crippen molar-refractivity contribution in [3.63, 3.8) is 0 Å². The van der Waals surface area contributed by atoms with Gasteiger partial charge in [0.25, 0.3) is 0 Å². The molecule has 0 amide bonds. The molecule has 0 aromatic carbocycles. The van der Waals surface area contributed by atoms with Crippen molar-refractivity contribution in [1.82, 2.24) is 0 Å². The smallest absolute Gasteiger partial charge is 0.122 e. The fourth-order valence-electron chi connectivity index (χ4n) is 1.04. The van der Waals surface area contributed by atoms with Gasteiger partial charge in [-0.05, 0) is 18.8 Å². The normalized spacial score (nSPS) is 21.4. The van der Waals surface area contributed by atoms with Crippen molar-refractivity contribution < 1.29 is 9.53 Å². The number of methoxy groups -OCH3 is 1. The highest BCUT2D eigenvalue weighted by Crippen LogP contribution is 2.34. The minimum Gasteiger partial charge on any atom is -0.381 e. The summed E-state index contributed by atoms with van der Waals surface area (Å²) in [6.07, 6.45) is 4.20. The molecule has 0 radical (unpaired) electrons. The highest BCUT2D eigenvalue weighted by atomic mass is 16.5. The van der Waals surface area contributed by atoms with Gasteiger partial charge in [-0.3, -0.25) is 0 Å². The molecule has 0 aliphatic heterocycles. The number of aldehydes is 1. The number of ether oxygens (including phenoxy) is 1. The molecular weight excluding hydrogens is 116 g/mol. The molecule has 0 heterocycles. The fraction of sp³-hybridized carbons (Fsp3) is 0.857. The average Bonchev–Trinajstić information content (AvgIpc) is 2.64. The molecule has 1 rings (SSSR count). The second-order valence-electron chi connectivity index (χ2n) is 2.51. The summed E-state index contributed by atoms with van der Waals surface area (Å²) in [5, 5.41) is 0. The van der Waals surface area contributed by atoms with Gasteiger partial charge in [-0.25, -0.2) is 0 Å². The molecule has 9 heavy (non-hydrogen) atoms. The van der Waals surface area contributed by atoms with E-state index in [9.17, 15) is 4.79 Å². The van der Waals surface area contributed by atoms with E-state index in [0.717, 1.165) is 6.29 Å². The van der Waals surface area contributed by atoms with Crippen LogP contribution < -0.4 is 0 Å². The molecule has 0 saturated heterocycles. The maximum Gasteiger partial charge on any atom is 0.122 e. The maximum absolute atomic E-state index is 10.0. The number of rotatable bonds is 4. The monoisotopic (exact) mass is 128 g/mol. The lowest BCUT2D eigenvalue weighted by molar-refractivity contribution is -0.110. The van der Waals surface area contributed by atoms with Crippen LogP contribution in [0.2, 0.25) is 0 Å². The summed E-state index contributed by atoms with van der Waals surface area (Å²) in [6.45, 7) is 0. The van der Waals surface area contributed by atoms with E-state index < -0.39 is 0 Å². The highest BCUT2D eigenvalue weighted by Gasteiger charge is 2.30. The van der Waals surface area contributed by atoms with Crippen molar-refractivity contribution >= 4 is 6.29 Å². The van der Waals surface area contributed by atoms with Crippen LogP contribution in [0.4, 0.5) is 0 Å². The Hall–Kier alpha value is -0.370. The van der Waals surface area contributed by atoms with Gasteiger partial charge in [0.05, 0.1) is 6.10 Å². The van der Waals surface area contributed by atoms with Gasteiger partial charge in [0.1, 0.15) is 6.29 Å². The quantitative estimate of drug-likeness (QED) is 0.528. The van der Waals surface area contributed by atoms with E-state index in [1.54, 1.807) is 7.11 Å². The van der Waals surface area contributed by atoms with Gasteiger partial charge in [-0.2, -0.15) is 0 Å². The molecule has 1 unspecified atom stereocenters. The van der Waals surface area contributed by atoms with Gasteiger partial charge in [0, 0.05) is 13.5 Å². The first-order valence-corrected chi connectivity index (χ1v) is 3.35. The van der Waals surface area contributed by atoms with Crippen LogP contribution in [-0.2, 0) is 9.53 Å². The van der Waals surface area contributed by atoms with E-state index in [0.29, 0.717) is 12.3 Å². The van der Waals surface area contributed by atoms with Crippen molar-refractivity contribution in [3.05, 3.63) is 0 Å². The molecule has 1 aliphatic rings. The van der Waals surface area contributed by atoms with Crippen LogP contribution >= 0.6 is 0 Å². The molecule has 1 aliphatic carbocycles. The molecule has 1 atom stereocenters. The molecule has 0 spiro atoms. The molecule has 52 valence electrons. The van der Waals surface area contributed by atoms with Crippen LogP contribution in [0.15, 0.2) is 0 Å². The first kappa shape index (κ1) is 6.75. The van der Waals surface area contributed by atoms with Crippen molar-refractivity contribution in [2.45, 2.75) is 25.4 Å². The Morgan fingerprint density at radius 1 is 1.78 bits per heavy atom. The van der Waals surface area contributed by atoms with Gasteiger partial charge in [0.2, 0.25) is 0 Å². The number of carbonyl (C=O) groups excluding carboxylic acids is 1. The summed E-state index contributed by atoms with van der Waals surface area (Å²) < 4.78 is 5.08. The largest absolute Gasteiger partial charge is 0.381 e. The lowest BCUT2D eigenvalue weighted by Gasteiger charge is -2.08. The zero-order valence-electron chi connectivity index (χ0n) is 5.67. The molecule has 0 aromatic rings. The van der Waals surface area contributed by atoms with E-state index in [1.807, 2.05) is 0 Å². The van der Waals surface area contributed by atoms with E-state index in [1.165, 1.54) is 12.8 Å². The minimum atomic E-state index is 0.211. The third kappa shape index (κ3) is 1.79. The van der Waals surface area contributed by atoms with Crippen LogP contribution in [0, 0.1) is 5.92 Å². The standard InChI is InChI=1S/C7H12O2/c1-9-7(4-5-8)6-2-3-6/h5-7H,2-4H2,1H3. The van der Waals surface area contributed by atoms with Crippen molar-refractivity contribution in [2.75, 3.05) is 7.11 Å². The summed E-state index contributed by atoms with van der Waals surface area (Å²) in [6, 6.07) is 0. The molecular formula is C7H12O2.